The summed E-state index contributed by atoms with van der Waals surface area (Å²) in [4.78, 5) is 8.66. The van der Waals surface area contributed by atoms with Gasteiger partial charge in [-0.1, -0.05) is 29.7 Å². The van der Waals surface area contributed by atoms with Crippen molar-refractivity contribution in [3.8, 4) is 23.2 Å². The standard InChI is InChI=1S/C19H17ClN2O2/c1-2-3-15-12-23-18(24-13-15)9-4-14-10-21-19(22-11-14)16-5-7-17(20)8-6-16/h2-3,5-8,10-11,15,18H,12-13H2,1H3/b3-2+. The van der Waals surface area contributed by atoms with E-state index in [1.807, 2.05) is 37.3 Å². The van der Waals surface area contributed by atoms with Gasteiger partial charge < -0.3 is 9.47 Å². The first kappa shape index (κ1) is 16.7. The van der Waals surface area contributed by atoms with Gasteiger partial charge in [0, 0.05) is 28.9 Å². The Morgan fingerprint density at radius 1 is 1.12 bits per heavy atom. The van der Waals surface area contributed by atoms with Crippen LogP contribution < -0.4 is 0 Å². The molecule has 0 amide bonds. The molecule has 0 N–H and O–H groups in total. The lowest BCUT2D eigenvalue weighted by Crippen LogP contribution is -2.30. The molecule has 0 aliphatic carbocycles. The molecule has 2 aromatic rings. The molecule has 1 aromatic carbocycles. The van der Waals surface area contributed by atoms with Gasteiger partial charge in [0.1, 0.15) is 0 Å². The minimum Gasteiger partial charge on any atom is -0.341 e. The maximum Gasteiger partial charge on any atom is 0.222 e. The van der Waals surface area contributed by atoms with Gasteiger partial charge in [-0.2, -0.15) is 0 Å². The summed E-state index contributed by atoms with van der Waals surface area (Å²) in [6, 6.07) is 7.39. The quantitative estimate of drug-likeness (QED) is 0.617. The number of nitrogens with zero attached hydrogens (tertiary/aromatic N) is 2. The highest BCUT2D eigenvalue weighted by molar-refractivity contribution is 6.30. The number of ether oxygens (including phenoxy) is 2. The van der Waals surface area contributed by atoms with Gasteiger partial charge in [0.2, 0.25) is 6.29 Å². The van der Waals surface area contributed by atoms with Crippen molar-refractivity contribution in [1.29, 1.82) is 0 Å². The van der Waals surface area contributed by atoms with Crippen LogP contribution in [0.25, 0.3) is 11.4 Å². The van der Waals surface area contributed by atoms with Crippen molar-refractivity contribution < 1.29 is 9.47 Å². The number of hydrogen-bond acceptors (Lipinski definition) is 4. The van der Waals surface area contributed by atoms with Gasteiger partial charge in [0.25, 0.3) is 0 Å². The van der Waals surface area contributed by atoms with Gasteiger partial charge >= 0.3 is 0 Å². The summed E-state index contributed by atoms with van der Waals surface area (Å²) in [6.45, 7) is 3.23. The molecule has 0 unspecified atom stereocenters. The molecule has 0 atom stereocenters. The summed E-state index contributed by atoms with van der Waals surface area (Å²) in [6.07, 6.45) is 6.96. The normalized spacial score (nSPS) is 20.6. The monoisotopic (exact) mass is 340 g/mol. The van der Waals surface area contributed by atoms with Crippen LogP contribution in [-0.2, 0) is 9.47 Å². The molecule has 1 aliphatic heterocycles. The largest absolute Gasteiger partial charge is 0.341 e. The topological polar surface area (TPSA) is 44.2 Å². The molecule has 3 rings (SSSR count). The highest BCUT2D eigenvalue weighted by atomic mass is 35.5. The Kier molecular flexibility index (Phi) is 5.60. The summed E-state index contributed by atoms with van der Waals surface area (Å²) in [5, 5.41) is 0.686. The second kappa shape index (κ2) is 8.07. The van der Waals surface area contributed by atoms with Gasteiger partial charge in [-0.3, -0.25) is 0 Å². The fraction of sp³-hybridized carbons (Fsp3) is 0.263. The van der Waals surface area contributed by atoms with Crippen LogP contribution >= 0.6 is 11.6 Å². The minimum absolute atomic E-state index is 0.301. The van der Waals surface area contributed by atoms with Gasteiger partial charge in [-0.05, 0) is 37.1 Å². The lowest BCUT2D eigenvalue weighted by atomic mass is 10.1. The predicted molar refractivity (Wildman–Crippen MR) is 93.4 cm³/mol. The lowest BCUT2D eigenvalue weighted by molar-refractivity contribution is -0.160. The maximum atomic E-state index is 5.88. The molecule has 24 heavy (non-hydrogen) atoms. The van der Waals surface area contributed by atoms with Gasteiger partial charge in [0.05, 0.1) is 18.8 Å². The molecule has 1 aromatic heterocycles. The minimum atomic E-state index is -0.498. The summed E-state index contributed by atoms with van der Waals surface area (Å²) in [5.74, 6) is 6.87. The third-order valence-electron chi connectivity index (χ3n) is 3.48. The van der Waals surface area contributed by atoms with E-state index in [-0.39, 0.29) is 0 Å². The van der Waals surface area contributed by atoms with Crippen LogP contribution in [0.3, 0.4) is 0 Å². The Labute approximate surface area is 146 Å². The van der Waals surface area contributed by atoms with Crippen molar-refractivity contribution in [3.63, 3.8) is 0 Å². The van der Waals surface area contributed by atoms with Crippen molar-refractivity contribution in [3.05, 3.63) is 59.4 Å². The Morgan fingerprint density at radius 2 is 1.79 bits per heavy atom. The Morgan fingerprint density at radius 3 is 2.42 bits per heavy atom. The molecular weight excluding hydrogens is 324 g/mol. The second-order valence-corrected chi connectivity index (χ2v) is 5.79. The molecule has 122 valence electrons. The summed E-state index contributed by atoms with van der Waals surface area (Å²) in [5.41, 5.74) is 1.63. The molecule has 0 spiro atoms. The molecule has 1 fully saturated rings. The zero-order valence-corrected chi connectivity index (χ0v) is 14.0. The molecule has 5 heteroatoms. The average Bonchev–Trinajstić information content (AvgIpc) is 2.63. The number of allylic oxidation sites excluding steroid dienone is 1. The predicted octanol–water partition coefficient (Wildman–Crippen LogP) is 3.71. The number of aromatic nitrogens is 2. The molecule has 2 heterocycles. The average molecular weight is 341 g/mol. The van der Waals surface area contributed by atoms with E-state index < -0.39 is 6.29 Å². The highest BCUT2D eigenvalue weighted by Crippen LogP contribution is 2.17. The number of benzene rings is 1. The van der Waals surface area contributed by atoms with Crippen LogP contribution in [0.2, 0.25) is 5.02 Å². The Hall–Kier alpha value is -2.19. The van der Waals surface area contributed by atoms with E-state index in [2.05, 4.69) is 27.9 Å². The van der Waals surface area contributed by atoms with Crippen LogP contribution in [0.5, 0.6) is 0 Å². The van der Waals surface area contributed by atoms with Gasteiger partial charge in [-0.25, -0.2) is 9.97 Å². The van der Waals surface area contributed by atoms with E-state index >= 15 is 0 Å². The summed E-state index contributed by atoms with van der Waals surface area (Å²) in [7, 11) is 0. The van der Waals surface area contributed by atoms with E-state index in [0.717, 1.165) is 11.1 Å². The molecule has 0 saturated carbocycles. The number of rotatable bonds is 2. The first-order valence-electron chi connectivity index (χ1n) is 7.70. The zero-order valence-electron chi connectivity index (χ0n) is 13.3. The molecule has 0 radical (unpaired) electrons. The van der Waals surface area contributed by atoms with Crippen molar-refractivity contribution >= 4 is 11.6 Å². The Balaban J connectivity index is 1.62. The van der Waals surface area contributed by atoms with Gasteiger partial charge in [0.15, 0.2) is 5.82 Å². The number of halogens is 1. The van der Waals surface area contributed by atoms with Crippen LogP contribution in [0.1, 0.15) is 12.5 Å². The van der Waals surface area contributed by atoms with Crippen LogP contribution in [0, 0.1) is 17.8 Å². The van der Waals surface area contributed by atoms with Crippen molar-refractivity contribution in [1.82, 2.24) is 9.97 Å². The van der Waals surface area contributed by atoms with E-state index in [4.69, 9.17) is 21.1 Å². The molecule has 1 aliphatic rings. The zero-order chi connectivity index (χ0) is 16.8. The third kappa shape index (κ3) is 4.42. The van der Waals surface area contributed by atoms with Crippen LogP contribution in [0.15, 0.2) is 48.8 Å². The SMILES string of the molecule is C/C=C/C1COC(C#Cc2cnc(-c3ccc(Cl)cc3)nc2)OC1. The van der Waals surface area contributed by atoms with Crippen molar-refractivity contribution in [2.75, 3.05) is 13.2 Å². The van der Waals surface area contributed by atoms with E-state index in [0.29, 0.717) is 30.0 Å². The van der Waals surface area contributed by atoms with E-state index in [9.17, 15) is 0 Å². The first-order valence-corrected chi connectivity index (χ1v) is 8.08. The second-order valence-electron chi connectivity index (χ2n) is 5.36. The molecular formula is C19H17ClN2O2. The van der Waals surface area contributed by atoms with Crippen LogP contribution in [0.4, 0.5) is 0 Å². The summed E-state index contributed by atoms with van der Waals surface area (Å²) < 4.78 is 11.1. The lowest BCUT2D eigenvalue weighted by Gasteiger charge is -2.24. The van der Waals surface area contributed by atoms with Gasteiger partial charge in [-0.15, -0.1) is 0 Å². The number of hydrogen-bond donors (Lipinski definition) is 0. The summed E-state index contributed by atoms with van der Waals surface area (Å²) >= 11 is 5.88. The van der Waals surface area contributed by atoms with E-state index in [1.54, 1.807) is 12.4 Å². The van der Waals surface area contributed by atoms with Crippen LogP contribution in [-0.4, -0.2) is 29.5 Å². The highest BCUT2D eigenvalue weighted by Gasteiger charge is 2.18. The fourth-order valence-corrected chi connectivity index (χ4v) is 2.39. The maximum absolute atomic E-state index is 5.88. The smallest absolute Gasteiger partial charge is 0.222 e. The third-order valence-corrected chi connectivity index (χ3v) is 3.73. The Bertz CT molecular complexity index is 753. The molecule has 1 saturated heterocycles. The first-order chi connectivity index (χ1) is 11.7. The molecule has 4 nitrogen and oxygen atoms in total. The van der Waals surface area contributed by atoms with Crippen molar-refractivity contribution in [2.45, 2.75) is 13.2 Å². The fourth-order valence-electron chi connectivity index (χ4n) is 2.27. The van der Waals surface area contributed by atoms with Crippen molar-refractivity contribution in [2.24, 2.45) is 5.92 Å². The van der Waals surface area contributed by atoms with E-state index in [1.165, 1.54) is 0 Å². The molecule has 0 bridgehead atoms.